The topological polar surface area (TPSA) is 80.4 Å². The Morgan fingerprint density at radius 1 is 1.42 bits per heavy atom. The van der Waals surface area contributed by atoms with Crippen molar-refractivity contribution < 1.29 is 14.8 Å². The number of phenols is 1. The Morgan fingerprint density at radius 2 is 2.12 bits per heavy atom. The van der Waals surface area contributed by atoms with Gasteiger partial charge in [-0.1, -0.05) is 20.3 Å². The van der Waals surface area contributed by atoms with E-state index in [2.05, 4.69) is 13.8 Å². The second-order valence-corrected chi connectivity index (χ2v) is 7.63. The summed E-state index contributed by atoms with van der Waals surface area (Å²) in [5.41, 5.74) is 1.55. The monoisotopic (exact) mass is 331 g/mol. The van der Waals surface area contributed by atoms with Crippen molar-refractivity contribution in [1.82, 2.24) is 0 Å². The Morgan fingerprint density at radius 3 is 2.71 bits per heavy atom. The van der Waals surface area contributed by atoms with Gasteiger partial charge in [0.2, 0.25) is 0 Å². The summed E-state index contributed by atoms with van der Waals surface area (Å²) in [6.07, 6.45) is 4.46. The SMILES string of the molecule is CCC1C2CCc3cc(O)c([N+](=O)[O-])cc3C2CCC1(C)C(C)=O. The van der Waals surface area contributed by atoms with Crippen molar-refractivity contribution in [3.8, 4) is 5.75 Å². The molecular weight excluding hydrogens is 306 g/mol. The van der Waals surface area contributed by atoms with E-state index in [0.29, 0.717) is 11.8 Å². The molecule has 24 heavy (non-hydrogen) atoms. The van der Waals surface area contributed by atoms with E-state index in [0.717, 1.165) is 43.2 Å². The molecule has 0 saturated heterocycles. The highest BCUT2D eigenvalue weighted by atomic mass is 16.6. The van der Waals surface area contributed by atoms with Crippen LogP contribution in [0.3, 0.4) is 0 Å². The molecule has 0 aliphatic heterocycles. The lowest BCUT2D eigenvalue weighted by molar-refractivity contribution is -0.386. The van der Waals surface area contributed by atoms with Gasteiger partial charge in [-0.25, -0.2) is 0 Å². The standard InChI is InChI=1S/C19H25NO4/c1-4-16-14-6-5-12-9-18(22)17(20(23)24)10-15(12)13(14)7-8-19(16,3)11(2)21/h9-10,13-14,16,22H,4-8H2,1-3H3. The zero-order chi connectivity index (χ0) is 17.6. The van der Waals surface area contributed by atoms with Crippen LogP contribution in [0.2, 0.25) is 0 Å². The molecule has 4 atom stereocenters. The molecule has 5 nitrogen and oxygen atoms in total. The van der Waals surface area contributed by atoms with Crippen molar-refractivity contribution in [3.05, 3.63) is 33.4 Å². The predicted molar refractivity (Wildman–Crippen MR) is 91.1 cm³/mol. The maximum atomic E-state index is 12.3. The summed E-state index contributed by atoms with van der Waals surface area (Å²) in [4.78, 5) is 22.9. The van der Waals surface area contributed by atoms with E-state index in [-0.39, 0.29) is 28.6 Å². The highest BCUT2D eigenvalue weighted by Gasteiger charge is 2.49. The number of nitro groups is 1. The third-order valence-corrected chi connectivity index (χ3v) is 6.65. The van der Waals surface area contributed by atoms with Crippen LogP contribution in [0.1, 0.15) is 63.5 Å². The molecular formula is C19H25NO4. The summed E-state index contributed by atoms with van der Waals surface area (Å²) in [7, 11) is 0. The van der Waals surface area contributed by atoms with Gasteiger partial charge in [0.25, 0.3) is 0 Å². The first-order valence-electron chi connectivity index (χ1n) is 8.80. The lowest BCUT2D eigenvalue weighted by Crippen LogP contribution is -2.46. The number of rotatable bonds is 3. The Labute approximate surface area is 142 Å². The van der Waals surface area contributed by atoms with Crippen LogP contribution in [0, 0.1) is 27.4 Å². The van der Waals surface area contributed by atoms with Gasteiger partial charge < -0.3 is 5.11 Å². The maximum absolute atomic E-state index is 12.3. The van der Waals surface area contributed by atoms with E-state index in [4.69, 9.17) is 0 Å². The smallest absolute Gasteiger partial charge is 0.310 e. The van der Waals surface area contributed by atoms with Crippen molar-refractivity contribution in [1.29, 1.82) is 0 Å². The Bertz CT molecular complexity index is 699. The van der Waals surface area contributed by atoms with Crippen molar-refractivity contribution in [2.75, 3.05) is 0 Å². The number of nitro benzene ring substituents is 1. The molecule has 4 unspecified atom stereocenters. The van der Waals surface area contributed by atoms with Crippen LogP contribution < -0.4 is 0 Å². The highest BCUT2D eigenvalue weighted by Crippen LogP contribution is 2.56. The molecule has 0 radical (unpaired) electrons. The second kappa shape index (κ2) is 5.87. The van der Waals surface area contributed by atoms with E-state index in [9.17, 15) is 20.0 Å². The number of aromatic hydroxyl groups is 1. The van der Waals surface area contributed by atoms with E-state index in [1.807, 2.05) is 0 Å². The van der Waals surface area contributed by atoms with Gasteiger partial charge in [0.1, 0.15) is 5.78 Å². The first-order chi connectivity index (χ1) is 11.3. The predicted octanol–water partition coefficient (Wildman–Crippen LogP) is 4.36. The number of aryl methyl sites for hydroxylation is 1. The van der Waals surface area contributed by atoms with Crippen LogP contribution in [-0.4, -0.2) is 15.8 Å². The largest absolute Gasteiger partial charge is 0.502 e. The summed E-state index contributed by atoms with van der Waals surface area (Å²) < 4.78 is 0. The molecule has 0 aromatic heterocycles. The second-order valence-electron chi connectivity index (χ2n) is 7.63. The summed E-state index contributed by atoms with van der Waals surface area (Å²) in [6.45, 7) is 5.93. The van der Waals surface area contributed by atoms with Gasteiger partial charge in [-0.05, 0) is 67.6 Å². The maximum Gasteiger partial charge on any atom is 0.310 e. The van der Waals surface area contributed by atoms with Crippen molar-refractivity contribution in [3.63, 3.8) is 0 Å². The quantitative estimate of drug-likeness (QED) is 0.659. The number of benzene rings is 1. The van der Waals surface area contributed by atoms with E-state index < -0.39 is 4.92 Å². The summed E-state index contributed by atoms with van der Waals surface area (Å²) in [5.74, 6) is 0.971. The molecule has 2 aliphatic rings. The molecule has 0 bridgehead atoms. The Balaban J connectivity index is 2.04. The number of ketones is 1. The van der Waals surface area contributed by atoms with Gasteiger partial charge in [0, 0.05) is 11.5 Å². The lowest BCUT2D eigenvalue weighted by atomic mass is 9.53. The molecule has 2 aliphatic carbocycles. The Hall–Kier alpha value is -1.91. The minimum Gasteiger partial charge on any atom is -0.502 e. The van der Waals surface area contributed by atoms with Crippen LogP contribution in [0.25, 0.3) is 0 Å². The first kappa shape index (κ1) is 16.9. The summed E-state index contributed by atoms with van der Waals surface area (Å²) in [6, 6.07) is 3.15. The van der Waals surface area contributed by atoms with Gasteiger partial charge in [0.05, 0.1) is 4.92 Å². The Kier molecular flexibility index (Phi) is 4.14. The van der Waals surface area contributed by atoms with Gasteiger partial charge >= 0.3 is 5.69 Å². The van der Waals surface area contributed by atoms with Gasteiger partial charge in [-0.3, -0.25) is 14.9 Å². The number of hydrogen-bond acceptors (Lipinski definition) is 4. The van der Waals surface area contributed by atoms with Crippen LogP contribution >= 0.6 is 0 Å². The van der Waals surface area contributed by atoms with E-state index in [1.165, 1.54) is 0 Å². The zero-order valence-electron chi connectivity index (χ0n) is 14.5. The van der Waals surface area contributed by atoms with Crippen LogP contribution in [-0.2, 0) is 11.2 Å². The number of nitrogens with zero attached hydrogens (tertiary/aromatic N) is 1. The highest BCUT2D eigenvalue weighted by molar-refractivity contribution is 5.82. The zero-order valence-corrected chi connectivity index (χ0v) is 14.5. The average molecular weight is 331 g/mol. The molecule has 1 aromatic rings. The van der Waals surface area contributed by atoms with Crippen LogP contribution in [0.5, 0.6) is 5.75 Å². The molecule has 0 heterocycles. The van der Waals surface area contributed by atoms with E-state index in [1.54, 1.807) is 19.1 Å². The normalized spacial score (nSPS) is 31.9. The summed E-state index contributed by atoms with van der Waals surface area (Å²) >= 11 is 0. The van der Waals surface area contributed by atoms with Crippen molar-refractivity contribution >= 4 is 11.5 Å². The molecule has 1 N–H and O–H groups in total. The van der Waals surface area contributed by atoms with Crippen LogP contribution in [0.4, 0.5) is 5.69 Å². The molecule has 130 valence electrons. The number of phenolic OH excluding ortho intramolecular Hbond substituents is 1. The molecule has 5 heteroatoms. The number of Topliss-reactive ketones (excluding diaryl/α,β-unsaturated/α-hetero) is 1. The summed E-state index contributed by atoms with van der Waals surface area (Å²) in [5, 5.41) is 21.1. The number of carbonyl (C=O) groups excluding carboxylic acids is 1. The minimum atomic E-state index is -0.515. The number of hydrogen-bond donors (Lipinski definition) is 1. The fraction of sp³-hybridized carbons (Fsp3) is 0.632. The minimum absolute atomic E-state index is 0.206. The third kappa shape index (κ3) is 2.41. The van der Waals surface area contributed by atoms with E-state index >= 15 is 0 Å². The lowest BCUT2D eigenvalue weighted by Gasteiger charge is -2.50. The third-order valence-electron chi connectivity index (χ3n) is 6.65. The average Bonchev–Trinajstić information content (AvgIpc) is 2.53. The molecule has 0 spiro atoms. The molecule has 1 fully saturated rings. The van der Waals surface area contributed by atoms with Crippen LogP contribution in [0.15, 0.2) is 12.1 Å². The molecule has 1 aromatic carbocycles. The fourth-order valence-corrected chi connectivity index (χ4v) is 5.25. The number of fused-ring (bicyclic) bond motifs is 3. The van der Waals surface area contributed by atoms with Gasteiger partial charge in [-0.15, -0.1) is 0 Å². The molecule has 1 saturated carbocycles. The van der Waals surface area contributed by atoms with Crippen molar-refractivity contribution in [2.45, 2.75) is 58.8 Å². The van der Waals surface area contributed by atoms with Gasteiger partial charge in [-0.2, -0.15) is 0 Å². The van der Waals surface area contributed by atoms with Gasteiger partial charge in [0.15, 0.2) is 5.75 Å². The first-order valence-corrected chi connectivity index (χ1v) is 8.80. The molecule has 0 amide bonds. The number of carbonyl (C=O) groups is 1. The molecule has 3 rings (SSSR count). The fourth-order valence-electron chi connectivity index (χ4n) is 5.25. The van der Waals surface area contributed by atoms with Crippen molar-refractivity contribution in [2.24, 2.45) is 17.3 Å².